The maximum absolute atomic E-state index is 12.2. The molecule has 4 nitrogen and oxygen atoms in total. The number of ketones is 1. The van der Waals surface area contributed by atoms with Gasteiger partial charge in [-0.05, 0) is 124 Å². The van der Waals surface area contributed by atoms with Crippen LogP contribution in [0.1, 0.15) is 104 Å². The summed E-state index contributed by atoms with van der Waals surface area (Å²) in [6.07, 6.45) is 10.3. The highest BCUT2D eigenvalue weighted by Gasteiger charge is 2.61. The predicted molar refractivity (Wildman–Crippen MR) is 149 cm³/mol. The van der Waals surface area contributed by atoms with Crippen LogP contribution in [0.15, 0.2) is 24.3 Å². The van der Waals surface area contributed by atoms with Crippen molar-refractivity contribution < 1.29 is 14.6 Å². The normalized spacial score (nSPS) is 37.7. The second kappa shape index (κ2) is 10.3. The molecule has 0 aliphatic heterocycles. The fourth-order valence-electron chi connectivity index (χ4n) is 9.20. The Kier molecular flexibility index (Phi) is 7.57. The Morgan fingerprint density at radius 2 is 1.92 bits per heavy atom. The van der Waals surface area contributed by atoms with E-state index in [-0.39, 0.29) is 17.1 Å². The van der Waals surface area contributed by atoms with Crippen LogP contribution in [0.5, 0.6) is 5.75 Å². The molecule has 4 heteroatoms. The molecule has 0 radical (unpaired) electrons. The van der Waals surface area contributed by atoms with Gasteiger partial charge in [-0.25, -0.2) is 0 Å². The SMILES string of the molecule is CC(C)CNC(C)(C)c1cccc(OCC[C@]23CCC4C(CCC5CC(=O)CC[C@@]54C)C2CC[C@@H]3O)c1. The van der Waals surface area contributed by atoms with Crippen LogP contribution >= 0.6 is 0 Å². The number of benzene rings is 1. The third kappa shape index (κ3) is 5.02. The molecule has 7 atom stereocenters. The zero-order valence-corrected chi connectivity index (χ0v) is 24.0. The molecule has 4 unspecified atom stereocenters. The van der Waals surface area contributed by atoms with Gasteiger partial charge in [0.25, 0.3) is 0 Å². The number of carbonyl (C=O) groups is 1. The molecule has 0 saturated heterocycles. The molecule has 4 saturated carbocycles. The van der Waals surface area contributed by atoms with Crippen LogP contribution in [0.25, 0.3) is 0 Å². The van der Waals surface area contributed by atoms with Crippen LogP contribution in [0.3, 0.4) is 0 Å². The highest BCUT2D eigenvalue weighted by atomic mass is 16.5. The Labute approximate surface area is 225 Å². The lowest BCUT2D eigenvalue weighted by molar-refractivity contribution is -0.145. The summed E-state index contributed by atoms with van der Waals surface area (Å²) in [5.74, 6) is 4.65. The van der Waals surface area contributed by atoms with Crippen LogP contribution in [0.2, 0.25) is 0 Å². The van der Waals surface area contributed by atoms with Crippen LogP contribution in [0, 0.1) is 40.4 Å². The number of rotatable bonds is 8. The van der Waals surface area contributed by atoms with Gasteiger partial charge >= 0.3 is 0 Å². The largest absolute Gasteiger partial charge is 0.494 e. The minimum Gasteiger partial charge on any atom is -0.494 e. The van der Waals surface area contributed by atoms with E-state index in [1.165, 1.54) is 24.8 Å². The van der Waals surface area contributed by atoms with E-state index in [4.69, 9.17) is 4.74 Å². The predicted octanol–water partition coefficient (Wildman–Crippen LogP) is 6.89. The van der Waals surface area contributed by atoms with Crippen molar-refractivity contribution in [3.63, 3.8) is 0 Å². The van der Waals surface area contributed by atoms with Crippen molar-refractivity contribution in [1.29, 1.82) is 0 Å². The van der Waals surface area contributed by atoms with Crippen molar-refractivity contribution in [3.05, 3.63) is 29.8 Å². The number of nitrogens with one attached hydrogen (secondary N) is 1. The van der Waals surface area contributed by atoms with Crippen molar-refractivity contribution >= 4 is 5.78 Å². The zero-order valence-electron chi connectivity index (χ0n) is 24.0. The van der Waals surface area contributed by atoms with Gasteiger partial charge < -0.3 is 15.2 Å². The van der Waals surface area contributed by atoms with Crippen molar-refractivity contribution in [2.75, 3.05) is 13.2 Å². The smallest absolute Gasteiger partial charge is 0.133 e. The fraction of sp³-hybridized carbons (Fsp3) is 0.788. The summed E-state index contributed by atoms with van der Waals surface area (Å²) in [6.45, 7) is 13.1. The molecule has 0 bridgehead atoms. The van der Waals surface area contributed by atoms with Gasteiger partial charge in [0.15, 0.2) is 0 Å². The number of aliphatic hydroxyl groups excluding tert-OH is 1. The number of hydrogen-bond donors (Lipinski definition) is 2. The lowest BCUT2D eigenvalue weighted by atomic mass is 9.44. The van der Waals surface area contributed by atoms with Crippen LogP contribution in [0.4, 0.5) is 0 Å². The second-order valence-corrected chi connectivity index (χ2v) is 14.3. The molecular weight excluding hydrogens is 458 g/mol. The van der Waals surface area contributed by atoms with Gasteiger partial charge in [-0.3, -0.25) is 4.79 Å². The summed E-state index contributed by atoms with van der Waals surface area (Å²) < 4.78 is 6.40. The Morgan fingerprint density at radius 3 is 2.70 bits per heavy atom. The molecule has 2 N–H and O–H groups in total. The summed E-state index contributed by atoms with van der Waals surface area (Å²) in [7, 11) is 0. The molecule has 0 spiro atoms. The van der Waals surface area contributed by atoms with Gasteiger partial charge in [0.2, 0.25) is 0 Å². The quantitative estimate of drug-likeness (QED) is 0.401. The Morgan fingerprint density at radius 1 is 1.11 bits per heavy atom. The zero-order chi connectivity index (χ0) is 26.4. The molecule has 4 aliphatic carbocycles. The number of fused-ring (bicyclic) bond motifs is 5. The molecule has 0 aromatic heterocycles. The van der Waals surface area contributed by atoms with E-state index in [0.717, 1.165) is 63.2 Å². The van der Waals surface area contributed by atoms with Crippen LogP contribution in [-0.4, -0.2) is 30.1 Å². The lowest BCUT2D eigenvalue weighted by Gasteiger charge is -2.60. The first kappa shape index (κ1) is 27.2. The van der Waals surface area contributed by atoms with E-state index in [1.807, 2.05) is 0 Å². The molecule has 206 valence electrons. The molecule has 37 heavy (non-hydrogen) atoms. The highest BCUT2D eigenvalue weighted by molar-refractivity contribution is 5.79. The molecule has 5 rings (SSSR count). The summed E-state index contributed by atoms with van der Waals surface area (Å²) in [5.41, 5.74) is 1.47. The van der Waals surface area contributed by atoms with Gasteiger partial charge in [-0.1, -0.05) is 32.9 Å². The van der Waals surface area contributed by atoms with E-state index in [9.17, 15) is 9.90 Å². The Bertz CT molecular complexity index is 972. The van der Waals surface area contributed by atoms with E-state index < -0.39 is 0 Å². The van der Waals surface area contributed by atoms with Crippen molar-refractivity contribution in [3.8, 4) is 5.75 Å². The first-order chi connectivity index (χ1) is 17.5. The van der Waals surface area contributed by atoms with E-state index in [0.29, 0.717) is 41.5 Å². The first-order valence-corrected chi connectivity index (χ1v) is 15.2. The van der Waals surface area contributed by atoms with Crippen molar-refractivity contribution in [2.45, 2.75) is 110 Å². The second-order valence-electron chi connectivity index (χ2n) is 14.3. The molecule has 4 fully saturated rings. The number of carbonyl (C=O) groups excluding carboxylic acids is 1. The van der Waals surface area contributed by atoms with Gasteiger partial charge in [0.05, 0.1) is 12.7 Å². The first-order valence-electron chi connectivity index (χ1n) is 15.2. The molecule has 4 aliphatic rings. The summed E-state index contributed by atoms with van der Waals surface area (Å²) >= 11 is 0. The number of aliphatic hydroxyl groups is 1. The minimum absolute atomic E-state index is 0.00451. The molecule has 0 heterocycles. The third-order valence-corrected chi connectivity index (χ3v) is 11.5. The van der Waals surface area contributed by atoms with Crippen molar-refractivity contribution in [2.24, 2.45) is 40.4 Å². The molecule has 0 amide bonds. The average molecular weight is 510 g/mol. The number of hydrogen-bond acceptors (Lipinski definition) is 4. The van der Waals surface area contributed by atoms with E-state index >= 15 is 0 Å². The van der Waals surface area contributed by atoms with E-state index in [2.05, 4.69) is 64.2 Å². The van der Waals surface area contributed by atoms with Crippen molar-refractivity contribution in [1.82, 2.24) is 5.32 Å². The van der Waals surface area contributed by atoms with Crippen LogP contribution < -0.4 is 10.1 Å². The van der Waals surface area contributed by atoms with E-state index in [1.54, 1.807) is 0 Å². The average Bonchev–Trinajstić information content (AvgIpc) is 3.20. The number of ether oxygens (including phenoxy) is 1. The topological polar surface area (TPSA) is 58.6 Å². The molecule has 1 aromatic carbocycles. The fourth-order valence-corrected chi connectivity index (χ4v) is 9.20. The monoisotopic (exact) mass is 509 g/mol. The maximum Gasteiger partial charge on any atom is 0.133 e. The number of Topliss-reactive ketones (excluding diaryl/α,β-unsaturated/α-hetero) is 1. The Balaban J connectivity index is 1.26. The lowest BCUT2D eigenvalue weighted by Crippen LogP contribution is -2.55. The summed E-state index contributed by atoms with van der Waals surface area (Å²) in [5, 5.41) is 15.0. The highest BCUT2D eigenvalue weighted by Crippen LogP contribution is 2.66. The summed E-state index contributed by atoms with van der Waals surface area (Å²) in [4.78, 5) is 12.2. The van der Waals surface area contributed by atoms with Gasteiger partial charge in [-0.2, -0.15) is 0 Å². The Hall–Kier alpha value is -1.39. The van der Waals surface area contributed by atoms with Gasteiger partial charge in [-0.15, -0.1) is 0 Å². The standard InChI is InChI=1S/C33H51NO3/c1-22(2)21-34-31(3,4)23-7-6-8-26(20-23)37-18-17-33-16-14-28-27(29(33)11-12-30(33)36)10-9-24-19-25(35)13-15-32(24,28)5/h6-8,20,22,24,27-30,34,36H,9-19,21H2,1-5H3/t24?,27?,28?,29?,30-,32-,33+/m0/s1. The maximum atomic E-state index is 12.2. The summed E-state index contributed by atoms with van der Waals surface area (Å²) in [6, 6.07) is 8.56. The van der Waals surface area contributed by atoms with Gasteiger partial charge in [0, 0.05) is 23.8 Å². The van der Waals surface area contributed by atoms with Gasteiger partial charge in [0.1, 0.15) is 11.5 Å². The minimum atomic E-state index is -0.203. The van der Waals surface area contributed by atoms with Crippen LogP contribution in [-0.2, 0) is 10.3 Å². The molecular formula is C33H51NO3. The third-order valence-electron chi connectivity index (χ3n) is 11.5. The molecule has 1 aromatic rings.